The molecule has 0 aromatic carbocycles. The summed E-state index contributed by atoms with van der Waals surface area (Å²) in [5.74, 6) is 0.470. The molecule has 2 aliphatic rings. The summed E-state index contributed by atoms with van der Waals surface area (Å²) in [5, 5.41) is 4.06. The molecule has 134 valence electrons. The summed E-state index contributed by atoms with van der Waals surface area (Å²) in [6.45, 7) is 5.07. The van der Waals surface area contributed by atoms with Gasteiger partial charge in [-0.1, -0.05) is 5.16 Å². The minimum absolute atomic E-state index is 0.0620. The maximum absolute atomic E-state index is 13.7. The molecule has 0 aliphatic carbocycles. The second kappa shape index (κ2) is 6.72. The Morgan fingerprint density at radius 3 is 2.96 bits per heavy atom. The average molecular weight is 347 g/mol. The fraction of sp³-hybridized carbons (Fsp3) is 0.556. The molecule has 2 aromatic rings. The van der Waals surface area contributed by atoms with E-state index in [-0.39, 0.29) is 17.6 Å². The molecule has 0 unspecified atom stereocenters. The highest BCUT2D eigenvalue weighted by molar-refractivity contribution is 5.14. The van der Waals surface area contributed by atoms with Crippen molar-refractivity contribution in [3.05, 3.63) is 41.7 Å². The van der Waals surface area contributed by atoms with Crippen LogP contribution in [0, 0.1) is 12.7 Å². The monoisotopic (exact) mass is 347 g/mol. The number of ether oxygens (including phenoxy) is 2. The first-order valence-electron chi connectivity index (χ1n) is 8.68. The number of piperidine rings is 1. The van der Waals surface area contributed by atoms with E-state index in [1.165, 1.54) is 12.3 Å². The summed E-state index contributed by atoms with van der Waals surface area (Å²) in [4.78, 5) is 6.32. The molecule has 4 heterocycles. The molecule has 0 N–H and O–H groups in total. The lowest BCUT2D eigenvalue weighted by Crippen LogP contribution is -2.44. The van der Waals surface area contributed by atoms with Crippen molar-refractivity contribution in [2.24, 2.45) is 0 Å². The summed E-state index contributed by atoms with van der Waals surface area (Å²) in [6.07, 6.45) is 4.05. The van der Waals surface area contributed by atoms with Gasteiger partial charge in [0.25, 0.3) is 5.88 Å². The fourth-order valence-electron chi connectivity index (χ4n) is 3.68. The SMILES string of the molecule is Cc1cc(CN2CCC3(CC2)C[C@H](Oc2ncccc2F)CO3)no1. The van der Waals surface area contributed by atoms with E-state index in [2.05, 4.69) is 15.0 Å². The Morgan fingerprint density at radius 2 is 2.24 bits per heavy atom. The zero-order valence-corrected chi connectivity index (χ0v) is 14.3. The Hall–Kier alpha value is -1.99. The van der Waals surface area contributed by atoms with Crippen LogP contribution in [0.4, 0.5) is 4.39 Å². The summed E-state index contributed by atoms with van der Waals surface area (Å²) >= 11 is 0. The first kappa shape index (κ1) is 16.5. The van der Waals surface area contributed by atoms with Gasteiger partial charge in [0.2, 0.25) is 0 Å². The standard InChI is InChI=1S/C18H22FN3O3/c1-13-9-14(21-25-13)11-22-7-4-18(5-8-22)10-15(12-23-18)24-17-16(19)3-2-6-20-17/h2-3,6,9,15H,4-5,7-8,10-12H2,1H3/t15-/m0/s1. The van der Waals surface area contributed by atoms with Crippen molar-refractivity contribution < 1.29 is 18.4 Å². The lowest BCUT2D eigenvalue weighted by Gasteiger charge is -2.38. The van der Waals surface area contributed by atoms with Crippen molar-refractivity contribution in [3.63, 3.8) is 0 Å². The van der Waals surface area contributed by atoms with Crippen LogP contribution in [-0.4, -0.2) is 46.4 Å². The molecule has 6 nitrogen and oxygen atoms in total. The Balaban J connectivity index is 1.30. The molecule has 0 amide bonds. The van der Waals surface area contributed by atoms with Crippen LogP contribution in [0.15, 0.2) is 28.9 Å². The molecule has 4 rings (SSSR count). The second-order valence-electron chi connectivity index (χ2n) is 6.93. The van der Waals surface area contributed by atoms with Crippen molar-refractivity contribution in [1.29, 1.82) is 0 Å². The van der Waals surface area contributed by atoms with Gasteiger partial charge < -0.3 is 14.0 Å². The summed E-state index contributed by atoms with van der Waals surface area (Å²) in [7, 11) is 0. The third-order valence-electron chi connectivity index (χ3n) is 5.01. The van der Waals surface area contributed by atoms with Gasteiger partial charge in [-0.05, 0) is 31.9 Å². The third kappa shape index (κ3) is 3.67. The Morgan fingerprint density at radius 1 is 1.40 bits per heavy atom. The fourth-order valence-corrected chi connectivity index (χ4v) is 3.68. The van der Waals surface area contributed by atoms with E-state index < -0.39 is 5.82 Å². The largest absolute Gasteiger partial charge is 0.470 e. The smallest absolute Gasteiger partial charge is 0.250 e. The van der Waals surface area contributed by atoms with Gasteiger partial charge in [0.15, 0.2) is 5.82 Å². The van der Waals surface area contributed by atoms with Gasteiger partial charge in [-0.2, -0.15) is 0 Å². The number of likely N-dealkylation sites (tertiary alicyclic amines) is 1. The van der Waals surface area contributed by atoms with Gasteiger partial charge in [0.1, 0.15) is 11.9 Å². The molecular weight excluding hydrogens is 325 g/mol. The van der Waals surface area contributed by atoms with Crippen LogP contribution in [0.1, 0.15) is 30.7 Å². The van der Waals surface area contributed by atoms with Crippen molar-refractivity contribution in [1.82, 2.24) is 15.0 Å². The molecular formula is C18H22FN3O3. The van der Waals surface area contributed by atoms with Gasteiger partial charge in [0, 0.05) is 38.3 Å². The Kier molecular flexibility index (Phi) is 4.43. The molecule has 25 heavy (non-hydrogen) atoms. The zero-order valence-electron chi connectivity index (χ0n) is 14.3. The Bertz CT molecular complexity index is 728. The topological polar surface area (TPSA) is 60.6 Å². The van der Waals surface area contributed by atoms with Crippen molar-refractivity contribution in [2.45, 2.75) is 44.4 Å². The quantitative estimate of drug-likeness (QED) is 0.847. The van der Waals surface area contributed by atoms with E-state index in [4.69, 9.17) is 14.0 Å². The number of hydrogen-bond acceptors (Lipinski definition) is 6. The molecule has 1 atom stereocenters. The van der Waals surface area contributed by atoms with Gasteiger partial charge in [0.05, 0.1) is 17.9 Å². The molecule has 1 spiro atoms. The molecule has 0 saturated carbocycles. The van der Waals surface area contributed by atoms with Gasteiger partial charge in [-0.25, -0.2) is 9.37 Å². The molecule has 2 saturated heterocycles. The van der Waals surface area contributed by atoms with Crippen LogP contribution in [0.2, 0.25) is 0 Å². The minimum atomic E-state index is -0.429. The molecule has 0 bridgehead atoms. The van der Waals surface area contributed by atoms with E-state index in [1.807, 2.05) is 13.0 Å². The van der Waals surface area contributed by atoms with E-state index >= 15 is 0 Å². The van der Waals surface area contributed by atoms with Crippen molar-refractivity contribution >= 4 is 0 Å². The van der Waals surface area contributed by atoms with Crippen LogP contribution in [0.25, 0.3) is 0 Å². The summed E-state index contributed by atoms with van der Waals surface area (Å²) in [6, 6.07) is 4.89. The van der Waals surface area contributed by atoms with Crippen molar-refractivity contribution in [2.75, 3.05) is 19.7 Å². The molecule has 2 fully saturated rings. The van der Waals surface area contributed by atoms with Gasteiger partial charge >= 0.3 is 0 Å². The highest BCUT2D eigenvalue weighted by Crippen LogP contribution is 2.37. The van der Waals surface area contributed by atoms with Crippen LogP contribution in [0.5, 0.6) is 5.88 Å². The number of aromatic nitrogens is 2. The van der Waals surface area contributed by atoms with E-state index in [1.54, 1.807) is 6.07 Å². The molecule has 0 radical (unpaired) electrons. The van der Waals surface area contributed by atoms with Gasteiger partial charge in [-0.3, -0.25) is 4.90 Å². The maximum atomic E-state index is 13.7. The Labute approximate surface area is 145 Å². The first-order chi connectivity index (χ1) is 12.1. The van der Waals surface area contributed by atoms with Crippen LogP contribution in [-0.2, 0) is 11.3 Å². The predicted octanol–water partition coefficient (Wildman–Crippen LogP) is 2.72. The molecule has 2 aliphatic heterocycles. The van der Waals surface area contributed by atoms with E-state index in [0.717, 1.165) is 50.4 Å². The molecule has 2 aromatic heterocycles. The number of halogens is 1. The van der Waals surface area contributed by atoms with Crippen LogP contribution >= 0.6 is 0 Å². The predicted molar refractivity (Wildman–Crippen MR) is 87.7 cm³/mol. The highest BCUT2D eigenvalue weighted by atomic mass is 19.1. The number of nitrogens with zero attached hydrogens (tertiary/aromatic N) is 3. The molecule has 7 heteroatoms. The summed E-state index contributed by atoms with van der Waals surface area (Å²) < 4.78 is 30.6. The second-order valence-corrected chi connectivity index (χ2v) is 6.93. The van der Waals surface area contributed by atoms with E-state index in [0.29, 0.717) is 6.61 Å². The van der Waals surface area contributed by atoms with Gasteiger partial charge in [-0.15, -0.1) is 0 Å². The van der Waals surface area contributed by atoms with Crippen molar-refractivity contribution in [3.8, 4) is 5.88 Å². The highest BCUT2D eigenvalue weighted by Gasteiger charge is 2.44. The van der Waals surface area contributed by atoms with Crippen LogP contribution in [0.3, 0.4) is 0 Å². The minimum Gasteiger partial charge on any atom is -0.470 e. The average Bonchev–Trinajstić information content (AvgIpc) is 3.19. The normalized spacial score (nSPS) is 23.2. The maximum Gasteiger partial charge on any atom is 0.250 e. The zero-order chi connectivity index (χ0) is 17.3. The third-order valence-corrected chi connectivity index (χ3v) is 5.01. The lowest BCUT2D eigenvalue weighted by atomic mass is 9.88. The van der Waals surface area contributed by atoms with Crippen LogP contribution < -0.4 is 4.74 Å². The van der Waals surface area contributed by atoms with E-state index in [9.17, 15) is 4.39 Å². The summed E-state index contributed by atoms with van der Waals surface area (Å²) in [5.41, 5.74) is 0.805. The number of rotatable bonds is 4. The first-order valence-corrected chi connectivity index (χ1v) is 8.68. The number of pyridine rings is 1. The lowest BCUT2D eigenvalue weighted by molar-refractivity contribution is -0.0457. The number of aryl methyl sites for hydroxylation is 1. The number of hydrogen-bond donors (Lipinski definition) is 0.